The zero-order valence-corrected chi connectivity index (χ0v) is 14.5. The smallest absolute Gasteiger partial charge is 0.244 e. The van der Waals surface area contributed by atoms with Gasteiger partial charge in [-0.15, -0.1) is 5.10 Å². The van der Waals surface area contributed by atoms with Gasteiger partial charge < -0.3 is 15.3 Å². The highest BCUT2D eigenvalue weighted by atomic mass is 16.3. The van der Waals surface area contributed by atoms with Gasteiger partial charge in [-0.2, -0.15) is 4.98 Å². The lowest BCUT2D eigenvalue weighted by Gasteiger charge is -2.15. The molecule has 0 spiro atoms. The van der Waals surface area contributed by atoms with Crippen LogP contribution in [0.3, 0.4) is 0 Å². The van der Waals surface area contributed by atoms with Crippen molar-refractivity contribution in [3.05, 3.63) is 35.4 Å². The lowest BCUT2D eigenvalue weighted by atomic mass is 10.0. The molecule has 0 aliphatic heterocycles. The molecule has 1 fully saturated rings. The van der Waals surface area contributed by atoms with Gasteiger partial charge in [0, 0.05) is 45.0 Å². The van der Waals surface area contributed by atoms with Crippen molar-refractivity contribution in [3.8, 4) is 0 Å². The van der Waals surface area contributed by atoms with Crippen LogP contribution in [0.15, 0.2) is 18.3 Å². The van der Waals surface area contributed by atoms with Gasteiger partial charge >= 0.3 is 0 Å². The molecule has 7 heteroatoms. The molecule has 2 aromatic rings. The number of nitrogens with zero attached hydrogens (tertiary/aromatic N) is 4. The lowest BCUT2D eigenvalue weighted by molar-refractivity contribution is 0.131. The van der Waals surface area contributed by atoms with Crippen molar-refractivity contribution in [3.63, 3.8) is 0 Å². The van der Waals surface area contributed by atoms with Crippen LogP contribution in [0, 0.1) is 12.8 Å². The van der Waals surface area contributed by atoms with Crippen molar-refractivity contribution in [2.45, 2.75) is 38.3 Å². The van der Waals surface area contributed by atoms with Crippen LogP contribution in [-0.2, 0) is 6.54 Å². The molecule has 0 unspecified atom stereocenters. The minimum atomic E-state index is -0.297. The summed E-state index contributed by atoms with van der Waals surface area (Å²) in [7, 11) is 3.84. The van der Waals surface area contributed by atoms with Crippen LogP contribution in [0.4, 0.5) is 5.95 Å². The molecule has 1 saturated carbocycles. The highest BCUT2D eigenvalue weighted by molar-refractivity contribution is 5.26. The van der Waals surface area contributed by atoms with Gasteiger partial charge in [0.15, 0.2) is 0 Å². The largest absolute Gasteiger partial charge is 0.393 e. The Bertz CT molecular complexity index is 671. The Morgan fingerprint density at radius 1 is 1.38 bits per heavy atom. The van der Waals surface area contributed by atoms with Crippen LogP contribution in [0.1, 0.15) is 35.8 Å². The summed E-state index contributed by atoms with van der Waals surface area (Å²) in [5, 5.41) is 21.0. The highest BCUT2D eigenvalue weighted by Gasteiger charge is 2.35. The van der Waals surface area contributed by atoms with E-state index in [1.807, 2.05) is 38.2 Å². The van der Waals surface area contributed by atoms with Crippen LogP contribution in [0.25, 0.3) is 0 Å². The minimum absolute atomic E-state index is 0.242. The predicted octanol–water partition coefficient (Wildman–Crippen LogP) is 1.22. The zero-order valence-electron chi connectivity index (χ0n) is 14.5. The average Bonchev–Trinajstić information content (AvgIpc) is 3.15. The maximum absolute atomic E-state index is 10.4. The molecule has 3 atom stereocenters. The third-order valence-corrected chi connectivity index (χ3v) is 4.63. The number of H-pyrrole nitrogens is 1. The van der Waals surface area contributed by atoms with Gasteiger partial charge in [-0.3, -0.25) is 10.1 Å². The molecule has 0 amide bonds. The van der Waals surface area contributed by atoms with Crippen molar-refractivity contribution in [1.82, 2.24) is 25.5 Å². The van der Waals surface area contributed by atoms with E-state index in [-0.39, 0.29) is 17.9 Å². The van der Waals surface area contributed by atoms with E-state index in [1.54, 1.807) is 0 Å². The number of aryl methyl sites for hydroxylation is 1. The fourth-order valence-electron chi connectivity index (χ4n) is 3.31. The predicted molar refractivity (Wildman–Crippen MR) is 92.9 cm³/mol. The number of aliphatic hydroxyl groups excluding tert-OH is 1. The van der Waals surface area contributed by atoms with Crippen molar-refractivity contribution in [1.29, 1.82) is 0 Å². The monoisotopic (exact) mass is 330 g/mol. The first kappa shape index (κ1) is 16.9. The summed E-state index contributed by atoms with van der Waals surface area (Å²) in [6.45, 7) is 3.59. The molecule has 3 rings (SSSR count). The first-order chi connectivity index (χ1) is 11.5. The molecule has 0 bridgehead atoms. The Morgan fingerprint density at radius 2 is 2.21 bits per heavy atom. The second-order valence-corrected chi connectivity index (χ2v) is 6.85. The molecular formula is C17H26N6O. The lowest BCUT2D eigenvalue weighted by Crippen LogP contribution is -2.27. The van der Waals surface area contributed by atoms with E-state index >= 15 is 0 Å². The van der Waals surface area contributed by atoms with E-state index in [0.29, 0.717) is 5.95 Å². The summed E-state index contributed by atoms with van der Waals surface area (Å²) < 4.78 is 0. The van der Waals surface area contributed by atoms with Crippen LogP contribution < -0.4 is 10.2 Å². The number of aromatic amines is 1. The maximum Gasteiger partial charge on any atom is 0.244 e. The second kappa shape index (κ2) is 7.27. The number of aromatic nitrogens is 4. The fourth-order valence-corrected chi connectivity index (χ4v) is 3.31. The summed E-state index contributed by atoms with van der Waals surface area (Å²) in [6, 6.07) is 4.10. The topological polar surface area (TPSA) is 90.0 Å². The molecule has 2 heterocycles. The number of hydrogen-bond donors (Lipinski definition) is 3. The van der Waals surface area contributed by atoms with E-state index in [1.165, 1.54) is 5.56 Å². The Kier molecular flexibility index (Phi) is 5.11. The van der Waals surface area contributed by atoms with Gasteiger partial charge in [0.25, 0.3) is 0 Å². The number of aliphatic hydroxyl groups is 1. The van der Waals surface area contributed by atoms with Crippen molar-refractivity contribution >= 4 is 5.95 Å². The third kappa shape index (κ3) is 3.91. The molecule has 1 aliphatic carbocycles. The first-order valence-electron chi connectivity index (χ1n) is 8.43. The minimum Gasteiger partial charge on any atom is -0.393 e. The van der Waals surface area contributed by atoms with Gasteiger partial charge in [0.2, 0.25) is 5.95 Å². The van der Waals surface area contributed by atoms with Crippen LogP contribution in [-0.4, -0.2) is 52.0 Å². The molecule has 0 radical (unpaired) electrons. The zero-order chi connectivity index (χ0) is 17.1. The number of pyridine rings is 1. The number of hydrogen-bond acceptors (Lipinski definition) is 6. The van der Waals surface area contributed by atoms with Gasteiger partial charge in [0.1, 0.15) is 5.82 Å². The van der Waals surface area contributed by atoms with Gasteiger partial charge in [-0.1, -0.05) is 0 Å². The van der Waals surface area contributed by atoms with Crippen LogP contribution in [0.2, 0.25) is 0 Å². The summed E-state index contributed by atoms with van der Waals surface area (Å²) in [5.41, 5.74) is 2.25. The molecular weight excluding hydrogens is 304 g/mol. The Labute approximate surface area is 142 Å². The normalized spacial score (nSPS) is 23.6. The Balaban J connectivity index is 1.52. The molecule has 7 nitrogen and oxygen atoms in total. The standard InChI is InChI=1S/C17H26N6O/c1-11-6-12(4-5-19-11)9-18-10-14-7-13(8-15(14)24)16-20-17(22-21-16)23(2)3/h4-6,13-15,18,24H,7-10H2,1-3H3,(H,20,21,22)/t13-,14+,15+/m0/s1. The van der Waals surface area contributed by atoms with Crippen molar-refractivity contribution < 1.29 is 5.11 Å². The number of anilines is 1. The molecule has 130 valence electrons. The van der Waals surface area contributed by atoms with Crippen LogP contribution >= 0.6 is 0 Å². The fraction of sp³-hybridized carbons (Fsp3) is 0.588. The molecule has 2 aromatic heterocycles. The number of rotatable bonds is 6. The van der Waals surface area contributed by atoms with E-state index < -0.39 is 0 Å². The van der Waals surface area contributed by atoms with E-state index in [2.05, 4.69) is 31.5 Å². The SMILES string of the molecule is Cc1cc(CNC[C@H]2C[C@H](c3nc(N(C)C)n[nH]3)C[C@H]2O)ccn1. The molecule has 3 N–H and O–H groups in total. The van der Waals surface area contributed by atoms with Gasteiger partial charge in [-0.05, 0) is 43.4 Å². The average molecular weight is 330 g/mol. The maximum atomic E-state index is 10.4. The molecule has 0 saturated heterocycles. The summed E-state index contributed by atoms with van der Waals surface area (Å²) >= 11 is 0. The summed E-state index contributed by atoms with van der Waals surface area (Å²) in [6.07, 6.45) is 3.20. The van der Waals surface area contributed by atoms with Gasteiger partial charge in [0.05, 0.1) is 6.10 Å². The second-order valence-electron chi connectivity index (χ2n) is 6.85. The quantitative estimate of drug-likeness (QED) is 0.738. The van der Waals surface area contributed by atoms with Crippen molar-refractivity contribution in [2.75, 3.05) is 25.5 Å². The Hall–Kier alpha value is -1.99. The third-order valence-electron chi connectivity index (χ3n) is 4.63. The number of nitrogens with one attached hydrogen (secondary N) is 2. The molecule has 1 aliphatic rings. The van der Waals surface area contributed by atoms with E-state index in [4.69, 9.17) is 0 Å². The Morgan fingerprint density at radius 3 is 2.92 bits per heavy atom. The van der Waals surface area contributed by atoms with E-state index in [9.17, 15) is 5.11 Å². The van der Waals surface area contributed by atoms with Crippen molar-refractivity contribution in [2.24, 2.45) is 5.92 Å². The van der Waals surface area contributed by atoms with E-state index in [0.717, 1.165) is 37.4 Å². The summed E-state index contributed by atoms with van der Waals surface area (Å²) in [4.78, 5) is 10.6. The first-order valence-corrected chi connectivity index (χ1v) is 8.43. The van der Waals surface area contributed by atoms with Gasteiger partial charge in [-0.25, -0.2) is 0 Å². The molecule has 24 heavy (non-hydrogen) atoms. The summed E-state index contributed by atoms with van der Waals surface area (Å²) in [5.74, 6) is 2.06. The molecule has 0 aromatic carbocycles. The van der Waals surface area contributed by atoms with Crippen LogP contribution in [0.5, 0.6) is 0 Å². The highest BCUT2D eigenvalue weighted by Crippen LogP contribution is 2.37.